The van der Waals surface area contributed by atoms with Gasteiger partial charge in [-0.05, 0) is 18.9 Å². The molecule has 1 amide bonds. The van der Waals surface area contributed by atoms with Gasteiger partial charge < -0.3 is 10.2 Å². The lowest BCUT2D eigenvalue weighted by Gasteiger charge is -2.12. The number of aromatic nitrogens is 2. The summed E-state index contributed by atoms with van der Waals surface area (Å²) in [5.41, 5.74) is 2.30. The molecule has 0 aromatic carbocycles. The molecule has 1 unspecified atom stereocenters. The molecule has 88 valence electrons. The molecule has 0 bridgehead atoms. The van der Waals surface area contributed by atoms with Gasteiger partial charge in [0.15, 0.2) is 0 Å². The third-order valence-corrected chi connectivity index (χ3v) is 3.21. The van der Waals surface area contributed by atoms with E-state index in [2.05, 4.69) is 10.4 Å². The molecule has 5 nitrogen and oxygen atoms in total. The number of carbonyl (C=O) groups excluding carboxylic acids is 1. The minimum Gasteiger partial charge on any atom is -0.344 e. The van der Waals surface area contributed by atoms with Crippen molar-refractivity contribution in [3.8, 4) is 0 Å². The van der Waals surface area contributed by atoms with Gasteiger partial charge in [-0.2, -0.15) is 5.10 Å². The van der Waals surface area contributed by atoms with Crippen LogP contribution < -0.4 is 5.32 Å². The quantitative estimate of drug-likeness (QED) is 0.786. The van der Waals surface area contributed by atoms with Gasteiger partial charge in [-0.15, -0.1) is 0 Å². The summed E-state index contributed by atoms with van der Waals surface area (Å²) in [4.78, 5) is 13.4. The molecule has 1 aliphatic heterocycles. The number of likely N-dealkylation sites (tertiary alicyclic amines) is 1. The molecule has 0 spiro atoms. The van der Waals surface area contributed by atoms with Gasteiger partial charge in [0.2, 0.25) is 5.91 Å². The van der Waals surface area contributed by atoms with E-state index in [0.717, 1.165) is 24.2 Å². The van der Waals surface area contributed by atoms with Gasteiger partial charge in [0.1, 0.15) is 0 Å². The Bertz CT molecular complexity index is 379. The van der Waals surface area contributed by atoms with Crippen molar-refractivity contribution in [2.45, 2.75) is 25.9 Å². The first-order valence-corrected chi connectivity index (χ1v) is 5.55. The van der Waals surface area contributed by atoms with Gasteiger partial charge in [0.05, 0.1) is 17.9 Å². The molecule has 1 aliphatic rings. The molecule has 1 saturated heterocycles. The maximum atomic E-state index is 11.7. The van der Waals surface area contributed by atoms with Crippen molar-refractivity contribution in [3.63, 3.8) is 0 Å². The number of aryl methyl sites for hydroxylation is 2. The fraction of sp³-hybridized carbons (Fsp3) is 0.636. The molecule has 0 saturated carbocycles. The van der Waals surface area contributed by atoms with Crippen LogP contribution in [0, 0.1) is 6.92 Å². The van der Waals surface area contributed by atoms with Crippen molar-refractivity contribution in [2.75, 3.05) is 13.6 Å². The van der Waals surface area contributed by atoms with Gasteiger partial charge in [0.25, 0.3) is 0 Å². The van der Waals surface area contributed by atoms with Gasteiger partial charge in [-0.1, -0.05) is 0 Å². The van der Waals surface area contributed by atoms with Gasteiger partial charge in [-0.25, -0.2) is 0 Å². The Morgan fingerprint density at radius 2 is 2.31 bits per heavy atom. The maximum Gasteiger partial charge on any atom is 0.239 e. The van der Waals surface area contributed by atoms with Crippen molar-refractivity contribution in [1.29, 1.82) is 0 Å². The fourth-order valence-electron chi connectivity index (χ4n) is 2.06. The first kappa shape index (κ1) is 11.1. The van der Waals surface area contributed by atoms with Crippen LogP contribution in [0.5, 0.6) is 0 Å². The molecular weight excluding hydrogens is 204 g/mol. The van der Waals surface area contributed by atoms with E-state index in [1.807, 2.05) is 31.9 Å². The number of rotatable bonds is 3. The van der Waals surface area contributed by atoms with Crippen LogP contribution >= 0.6 is 0 Å². The molecule has 2 rings (SSSR count). The first-order chi connectivity index (χ1) is 7.59. The van der Waals surface area contributed by atoms with Crippen molar-refractivity contribution in [2.24, 2.45) is 7.05 Å². The average Bonchev–Trinajstić information content (AvgIpc) is 2.73. The Balaban J connectivity index is 1.96. The second-order valence-corrected chi connectivity index (χ2v) is 4.38. The summed E-state index contributed by atoms with van der Waals surface area (Å²) < 4.78 is 1.85. The zero-order chi connectivity index (χ0) is 11.7. The lowest BCUT2D eigenvalue weighted by Crippen LogP contribution is -2.36. The molecule has 1 fully saturated rings. The Morgan fingerprint density at radius 1 is 1.56 bits per heavy atom. The highest BCUT2D eigenvalue weighted by Crippen LogP contribution is 2.11. The molecule has 5 heteroatoms. The molecule has 16 heavy (non-hydrogen) atoms. The Kier molecular flexibility index (Phi) is 2.96. The Labute approximate surface area is 95.4 Å². The second kappa shape index (κ2) is 4.25. The number of nitrogens with one attached hydrogen (secondary N) is 1. The topological polar surface area (TPSA) is 50.2 Å². The Morgan fingerprint density at radius 3 is 2.81 bits per heavy atom. The molecule has 1 N–H and O–H groups in total. The molecule has 2 heterocycles. The largest absolute Gasteiger partial charge is 0.344 e. The van der Waals surface area contributed by atoms with Crippen LogP contribution in [-0.4, -0.2) is 40.2 Å². The molecule has 1 aromatic rings. The van der Waals surface area contributed by atoms with Crippen molar-refractivity contribution < 1.29 is 4.79 Å². The molecular formula is C11H18N4O. The normalized spacial score (nSPS) is 20.8. The van der Waals surface area contributed by atoms with E-state index < -0.39 is 0 Å². The van der Waals surface area contributed by atoms with Crippen molar-refractivity contribution >= 4 is 5.91 Å². The first-order valence-electron chi connectivity index (χ1n) is 5.55. The summed E-state index contributed by atoms with van der Waals surface area (Å²) >= 11 is 0. The van der Waals surface area contributed by atoms with Crippen LogP contribution in [0.3, 0.4) is 0 Å². The summed E-state index contributed by atoms with van der Waals surface area (Å²) in [5.74, 6) is 0.194. The lowest BCUT2D eigenvalue weighted by molar-refractivity contribution is -0.128. The molecule has 0 radical (unpaired) electrons. The van der Waals surface area contributed by atoms with Gasteiger partial charge in [0, 0.05) is 27.2 Å². The second-order valence-electron chi connectivity index (χ2n) is 4.38. The number of nitrogens with zero attached hydrogens (tertiary/aromatic N) is 3. The Hall–Kier alpha value is -1.36. The number of hydrogen-bond acceptors (Lipinski definition) is 3. The monoisotopic (exact) mass is 222 g/mol. The summed E-state index contributed by atoms with van der Waals surface area (Å²) in [5, 5.41) is 7.47. The van der Waals surface area contributed by atoms with Crippen LogP contribution in [-0.2, 0) is 18.4 Å². The summed E-state index contributed by atoms with van der Waals surface area (Å²) in [6.45, 7) is 3.58. The number of hydrogen-bond donors (Lipinski definition) is 1. The minimum absolute atomic E-state index is 0.0284. The van der Waals surface area contributed by atoms with Crippen molar-refractivity contribution in [3.05, 3.63) is 17.5 Å². The average molecular weight is 222 g/mol. The highest BCUT2D eigenvalue weighted by molar-refractivity contribution is 5.83. The number of carbonyl (C=O) groups is 1. The number of amides is 1. The van der Waals surface area contributed by atoms with E-state index in [4.69, 9.17) is 0 Å². The molecule has 0 aliphatic carbocycles. The standard InChI is InChI=1S/C11H18N4O/c1-8-6-13-15(3)10(8)7-12-9-4-5-14(2)11(9)16/h6,9,12H,4-5,7H2,1-3H3. The van der Waals surface area contributed by atoms with E-state index in [0.29, 0.717) is 6.54 Å². The van der Waals surface area contributed by atoms with E-state index >= 15 is 0 Å². The number of likely N-dealkylation sites (N-methyl/N-ethyl adjacent to an activating group) is 1. The van der Waals surface area contributed by atoms with Crippen LogP contribution in [0.15, 0.2) is 6.20 Å². The highest BCUT2D eigenvalue weighted by Gasteiger charge is 2.28. The van der Waals surface area contributed by atoms with Gasteiger partial charge in [-0.3, -0.25) is 9.48 Å². The zero-order valence-corrected chi connectivity index (χ0v) is 10.0. The van der Waals surface area contributed by atoms with E-state index in [1.165, 1.54) is 0 Å². The van der Waals surface area contributed by atoms with Gasteiger partial charge >= 0.3 is 0 Å². The van der Waals surface area contributed by atoms with Crippen molar-refractivity contribution in [1.82, 2.24) is 20.0 Å². The van der Waals surface area contributed by atoms with Crippen LogP contribution in [0.2, 0.25) is 0 Å². The van der Waals surface area contributed by atoms with E-state index in [9.17, 15) is 4.79 Å². The predicted molar refractivity (Wildman–Crippen MR) is 60.8 cm³/mol. The predicted octanol–water partition coefficient (Wildman–Crippen LogP) is 0.0488. The van der Waals surface area contributed by atoms with E-state index in [-0.39, 0.29) is 11.9 Å². The molecule has 1 atom stereocenters. The van der Waals surface area contributed by atoms with Crippen LogP contribution in [0.25, 0.3) is 0 Å². The summed E-state index contributed by atoms with van der Waals surface area (Å²) in [6.07, 6.45) is 2.74. The summed E-state index contributed by atoms with van der Waals surface area (Å²) in [6, 6.07) is -0.0284. The zero-order valence-electron chi connectivity index (χ0n) is 10.0. The molecule has 1 aromatic heterocycles. The highest BCUT2D eigenvalue weighted by atomic mass is 16.2. The van der Waals surface area contributed by atoms with Crippen LogP contribution in [0.4, 0.5) is 0 Å². The third-order valence-electron chi connectivity index (χ3n) is 3.21. The maximum absolute atomic E-state index is 11.7. The summed E-state index contributed by atoms with van der Waals surface area (Å²) in [7, 11) is 3.77. The third kappa shape index (κ3) is 1.95. The minimum atomic E-state index is -0.0284. The smallest absolute Gasteiger partial charge is 0.239 e. The lowest BCUT2D eigenvalue weighted by atomic mass is 10.2. The van der Waals surface area contributed by atoms with Crippen LogP contribution in [0.1, 0.15) is 17.7 Å². The SMILES string of the molecule is Cc1cnn(C)c1CNC1CCN(C)C1=O. The fourth-order valence-corrected chi connectivity index (χ4v) is 2.06. The van der Waals surface area contributed by atoms with E-state index in [1.54, 1.807) is 4.90 Å².